The smallest absolute Gasteiger partial charge is 0.227 e. The molecule has 0 saturated carbocycles. The fourth-order valence-corrected chi connectivity index (χ4v) is 3.15. The first-order valence-electron chi connectivity index (χ1n) is 8.80. The van der Waals surface area contributed by atoms with Crippen molar-refractivity contribution in [2.75, 3.05) is 29.9 Å². The second-order valence-electron chi connectivity index (χ2n) is 6.49. The van der Waals surface area contributed by atoms with Gasteiger partial charge in [-0.3, -0.25) is 4.79 Å². The van der Waals surface area contributed by atoms with Crippen molar-refractivity contribution < 1.29 is 9.90 Å². The van der Waals surface area contributed by atoms with Crippen molar-refractivity contribution in [1.82, 2.24) is 9.97 Å². The number of primary amides is 1. The number of amides is 1. The monoisotopic (exact) mass is 343 g/mol. The molecule has 0 bridgehead atoms. The highest BCUT2D eigenvalue weighted by atomic mass is 16.3. The lowest BCUT2D eigenvalue weighted by molar-refractivity contribution is -0.122. The van der Waals surface area contributed by atoms with E-state index < -0.39 is 0 Å². The predicted octanol–water partition coefficient (Wildman–Crippen LogP) is 1.51. The predicted molar refractivity (Wildman–Crippen MR) is 98.5 cm³/mol. The van der Waals surface area contributed by atoms with Gasteiger partial charge in [0.15, 0.2) is 0 Å². The Kier molecular flexibility index (Phi) is 5.33. The second-order valence-corrected chi connectivity index (χ2v) is 6.49. The molecule has 4 N–H and O–H groups in total. The fraction of sp³-hybridized carbons (Fsp3) is 0.500. The SMILES string of the molecule is CCC(CO)Nc1nc(N2CCC(C(N)=O)CC2)nc2ccccc12. The Labute approximate surface area is 147 Å². The summed E-state index contributed by atoms with van der Waals surface area (Å²) in [5.41, 5.74) is 6.27. The summed E-state index contributed by atoms with van der Waals surface area (Å²) in [6.45, 7) is 3.49. The summed E-state index contributed by atoms with van der Waals surface area (Å²) in [5, 5.41) is 13.8. The van der Waals surface area contributed by atoms with Gasteiger partial charge in [-0.15, -0.1) is 0 Å². The first-order valence-corrected chi connectivity index (χ1v) is 8.80. The number of carbonyl (C=O) groups is 1. The molecule has 7 nitrogen and oxygen atoms in total. The average molecular weight is 343 g/mol. The van der Waals surface area contributed by atoms with E-state index in [1.54, 1.807) is 0 Å². The van der Waals surface area contributed by atoms with E-state index in [0.29, 0.717) is 19.0 Å². The van der Waals surface area contributed by atoms with Crippen molar-refractivity contribution in [2.45, 2.75) is 32.2 Å². The average Bonchev–Trinajstić information content (AvgIpc) is 2.65. The molecule has 1 unspecified atom stereocenters. The van der Waals surface area contributed by atoms with E-state index in [2.05, 4.69) is 15.2 Å². The van der Waals surface area contributed by atoms with Gasteiger partial charge in [0.2, 0.25) is 11.9 Å². The fourth-order valence-electron chi connectivity index (χ4n) is 3.15. The summed E-state index contributed by atoms with van der Waals surface area (Å²) in [5.74, 6) is 1.10. The molecule has 1 amide bonds. The number of hydrogen-bond donors (Lipinski definition) is 3. The van der Waals surface area contributed by atoms with Gasteiger partial charge in [0.25, 0.3) is 0 Å². The molecule has 0 spiro atoms. The van der Waals surface area contributed by atoms with Crippen molar-refractivity contribution in [3.63, 3.8) is 0 Å². The van der Waals surface area contributed by atoms with Gasteiger partial charge >= 0.3 is 0 Å². The maximum atomic E-state index is 11.4. The highest BCUT2D eigenvalue weighted by Gasteiger charge is 2.25. The maximum Gasteiger partial charge on any atom is 0.227 e. The highest BCUT2D eigenvalue weighted by Crippen LogP contribution is 2.27. The second kappa shape index (κ2) is 7.65. The van der Waals surface area contributed by atoms with Crippen LogP contribution in [0.3, 0.4) is 0 Å². The van der Waals surface area contributed by atoms with Crippen molar-refractivity contribution >= 4 is 28.6 Å². The van der Waals surface area contributed by atoms with Gasteiger partial charge in [-0.05, 0) is 31.4 Å². The lowest BCUT2D eigenvalue weighted by atomic mass is 9.96. The Balaban J connectivity index is 1.90. The standard InChI is InChI=1S/C18H25N5O2/c1-2-13(11-24)20-17-14-5-3-4-6-15(14)21-18(22-17)23-9-7-12(8-10-23)16(19)25/h3-6,12-13,24H,2,7-11H2,1H3,(H2,19,25)(H,20,21,22). The molecule has 7 heteroatoms. The van der Waals surface area contributed by atoms with Gasteiger partial charge in [0, 0.05) is 24.4 Å². The summed E-state index contributed by atoms with van der Waals surface area (Å²) >= 11 is 0. The number of nitrogens with zero attached hydrogens (tertiary/aromatic N) is 3. The number of hydrogen-bond acceptors (Lipinski definition) is 6. The Morgan fingerprint density at radius 3 is 2.72 bits per heavy atom. The lowest BCUT2D eigenvalue weighted by Crippen LogP contribution is -2.39. The molecule has 1 aliphatic rings. The summed E-state index contributed by atoms with van der Waals surface area (Å²) < 4.78 is 0. The summed E-state index contributed by atoms with van der Waals surface area (Å²) in [6, 6.07) is 7.79. The molecule has 3 rings (SSSR count). The van der Waals surface area contributed by atoms with Crippen LogP contribution in [0.5, 0.6) is 0 Å². The van der Waals surface area contributed by atoms with Crippen LogP contribution >= 0.6 is 0 Å². The van der Waals surface area contributed by atoms with E-state index in [0.717, 1.165) is 36.0 Å². The van der Waals surface area contributed by atoms with Crippen LogP contribution in [0.4, 0.5) is 11.8 Å². The summed E-state index contributed by atoms with van der Waals surface area (Å²) in [6.07, 6.45) is 2.25. The van der Waals surface area contributed by atoms with Gasteiger partial charge in [-0.25, -0.2) is 4.98 Å². The normalized spacial score (nSPS) is 16.8. The zero-order valence-electron chi connectivity index (χ0n) is 14.5. The molecule has 1 fully saturated rings. The molecular weight excluding hydrogens is 318 g/mol. The quantitative estimate of drug-likeness (QED) is 0.734. The molecule has 0 aliphatic carbocycles. The largest absolute Gasteiger partial charge is 0.394 e. The maximum absolute atomic E-state index is 11.4. The molecule has 25 heavy (non-hydrogen) atoms. The minimum Gasteiger partial charge on any atom is -0.394 e. The molecular formula is C18H25N5O2. The van der Waals surface area contributed by atoms with Gasteiger partial charge in [0.05, 0.1) is 18.2 Å². The van der Waals surface area contributed by atoms with Gasteiger partial charge < -0.3 is 21.1 Å². The van der Waals surface area contributed by atoms with Crippen LogP contribution in [0.25, 0.3) is 10.9 Å². The molecule has 0 radical (unpaired) electrons. The number of piperidine rings is 1. The van der Waals surface area contributed by atoms with Crippen LogP contribution < -0.4 is 16.0 Å². The molecule has 1 aromatic heterocycles. The molecule has 134 valence electrons. The first-order chi connectivity index (χ1) is 12.1. The zero-order chi connectivity index (χ0) is 17.8. The van der Waals surface area contributed by atoms with Gasteiger partial charge in [0.1, 0.15) is 5.82 Å². The molecule has 1 saturated heterocycles. The van der Waals surface area contributed by atoms with E-state index in [1.807, 2.05) is 31.2 Å². The van der Waals surface area contributed by atoms with Crippen molar-refractivity contribution in [3.05, 3.63) is 24.3 Å². The highest BCUT2D eigenvalue weighted by molar-refractivity contribution is 5.90. The number of aliphatic hydroxyl groups excluding tert-OH is 1. The van der Waals surface area contributed by atoms with E-state index in [1.165, 1.54) is 0 Å². The Morgan fingerprint density at radius 2 is 2.08 bits per heavy atom. The van der Waals surface area contributed by atoms with E-state index in [9.17, 15) is 9.90 Å². The Morgan fingerprint density at radius 1 is 1.36 bits per heavy atom. The van der Waals surface area contributed by atoms with Crippen LogP contribution in [-0.2, 0) is 4.79 Å². The number of rotatable bonds is 6. The zero-order valence-corrected chi connectivity index (χ0v) is 14.5. The van der Waals surface area contributed by atoms with Gasteiger partial charge in [-0.1, -0.05) is 19.1 Å². The van der Waals surface area contributed by atoms with Crippen LogP contribution in [0.1, 0.15) is 26.2 Å². The number of nitrogens with two attached hydrogens (primary N) is 1. The number of fused-ring (bicyclic) bond motifs is 1. The number of nitrogens with one attached hydrogen (secondary N) is 1. The first kappa shape index (κ1) is 17.4. The molecule has 1 aliphatic heterocycles. The van der Waals surface area contributed by atoms with Crippen molar-refractivity contribution in [3.8, 4) is 0 Å². The van der Waals surface area contributed by atoms with Crippen LogP contribution in [0, 0.1) is 5.92 Å². The Bertz CT molecular complexity index is 739. The number of carbonyl (C=O) groups excluding carboxylic acids is 1. The topological polar surface area (TPSA) is 104 Å². The summed E-state index contributed by atoms with van der Waals surface area (Å²) in [7, 11) is 0. The number of anilines is 2. The van der Waals surface area contributed by atoms with Crippen molar-refractivity contribution in [1.29, 1.82) is 0 Å². The third-order valence-corrected chi connectivity index (χ3v) is 4.83. The third-order valence-electron chi connectivity index (χ3n) is 4.83. The van der Waals surface area contributed by atoms with Crippen molar-refractivity contribution in [2.24, 2.45) is 11.7 Å². The number of benzene rings is 1. The molecule has 1 atom stereocenters. The van der Waals surface area contributed by atoms with E-state index in [4.69, 9.17) is 10.7 Å². The number of aromatic nitrogens is 2. The lowest BCUT2D eigenvalue weighted by Gasteiger charge is -2.31. The van der Waals surface area contributed by atoms with Crippen LogP contribution in [-0.4, -0.2) is 46.7 Å². The molecule has 1 aromatic carbocycles. The van der Waals surface area contributed by atoms with Crippen LogP contribution in [0.15, 0.2) is 24.3 Å². The van der Waals surface area contributed by atoms with E-state index >= 15 is 0 Å². The third kappa shape index (κ3) is 3.82. The molecule has 2 heterocycles. The summed E-state index contributed by atoms with van der Waals surface area (Å²) in [4.78, 5) is 22.8. The minimum absolute atomic E-state index is 0.0493. The Hall–Kier alpha value is -2.41. The van der Waals surface area contributed by atoms with Gasteiger partial charge in [-0.2, -0.15) is 4.98 Å². The van der Waals surface area contributed by atoms with Crippen LogP contribution in [0.2, 0.25) is 0 Å². The number of aliphatic hydroxyl groups is 1. The minimum atomic E-state index is -0.227. The number of para-hydroxylation sites is 1. The molecule has 2 aromatic rings. The van der Waals surface area contributed by atoms with E-state index in [-0.39, 0.29) is 24.5 Å².